The zero-order chi connectivity index (χ0) is 21.3. The van der Waals surface area contributed by atoms with E-state index < -0.39 is 18.0 Å². The Morgan fingerprint density at radius 3 is 2.50 bits per heavy atom. The van der Waals surface area contributed by atoms with E-state index in [1.54, 1.807) is 17.0 Å². The van der Waals surface area contributed by atoms with Crippen molar-refractivity contribution in [2.24, 2.45) is 5.92 Å². The monoisotopic (exact) mass is 406 g/mol. The molecule has 2 fully saturated rings. The second kappa shape index (κ2) is 8.30. The molecule has 0 bridgehead atoms. The van der Waals surface area contributed by atoms with Crippen LogP contribution in [0.2, 0.25) is 0 Å². The number of aryl methyl sites for hydroxylation is 1. The average molecular weight is 406 g/mol. The molecule has 1 aliphatic carbocycles. The second-order valence-corrected chi connectivity index (χ2v) is 8.13. The van der Waals surface area contributed by atoms with E-state index in [1.807, 2.05) is 50.2 Å². The first-order chi connectivity index (χ1) is 14.4. The molecule has 2 aromatic rings. The van der Waals surface area contributed by atoms with E-state index in [0.29, 0.717) is 5.56 Å². The van der Waals surface area contributed by atoms with Crippen LogP contribution in [0.25, 0.3) is 0 Å². The molecule has 30 heavy (non-hydrogen) atoms. The third kappa shape index (κ3) is 4.22. The van der Waals surface area contributed by atoms with Gasteiger partial charge in [0, 0.05) is 30.3 Å². The van der Waals surface area contributed by atoms with Crippen LogP contribution in [0, 0.1) is 19.8 Å². The van der Waals surface area contributed by atoms with Crippen LogP contribution < -0.4 is 10.2 Å². The fourth-order valence-electron chi connectivity index (χ4n) is 3.74. The Balaban J connectivity index is 1.49. The van der Waals surface area contributed by atoms with Gasteiger partial charge in [-0.3, -0.25) is 14.4 Å². The minimum Gasteiger partial charge on any atom is -0.447 e. The number of anilines is 1. The highest BCUT2D eigenvalue weighted by Crippen LogP contribution is 2.31. The van der Waals surface area contributed by atoms with Crippen molar-refractivity contribution in [2.75, 3.05) is 11.4 Å². The zero-order valence-electron chi connectivity index (χ0n) is 17.3. The van der Waals surface area contributed by atoms with Crippen molar-refractivity contribution in [3.63, 3.8) is 0 Å². The number of amides is 2. The molecule has 2 aliphatic rings. The van der Waals surface area contributed by atoms with E-state index in [1.165, 1.54) is 0 Å². The highest BCUT2D eigenvalue weighted by Gasteiger charge is 2.39. The van der Waals surface area contributed by atoms with Gasteiger partial charge < -0.3 is 15.0 Å². The van der Waals surface area contributed by atoms with Gasteiger partial charge in [0.15, 0.2) is 0 Å². The van der Waals surface area contributed by atoms with Gasteiger partial charge in [-0.15, -0.1) is 0 Å². The topological polar surface area (TPSA) is 75.7 Å². The smallest absolute Gasteiger partial charge is 0.312 e. The molecule has 1 N–H and O–H groups in total. The van der Waals surface area contributed by atoms with E-state index in [0.717, 1.165) is 29.7 Å². The van der Waals surface area contributed by atoms with E-state index in [4.69, 9.17) is 4.74 Å². The van der Waals surface area contributed by atoms with Crippen molar-refractivity contribution in [2.45, 2.75) is 45.3 Å². The molecular weight excluding hydrogens is 380 g/mol. The minimum absolute atomic E-state index is 0.0813. The molecule has 6 heteroatoms. The average Bonchev–Trinajstić information content (AvgIpc) is 3.47. The Labute approximate surface area is 176 Å². The predicted octanol–water partition coefficient (Wildman–Crippen LogP) is 3.22. The van der Waals surface area contributed by atoms with Crippen molar-refractivity contribution in [1.29, 1.82) is 0 Å². The highest BCUT2D eigenvalue weighted by molar-refractivity contribution is 6.00. The van der Waals surface area contributed by atoms with Gasteiger partial charge in [0.1, 0.15) is 0 Å². The van der Waals surface area contributed by atoms with Crippen molar-refractivity contribution in [3.8, 4) is 0 Å². The quantitative estimate of drug-likeness (QED) is 0.748. The van der Waals surface area contributed by atoms with E-state index in [9.17, 15) is 14.4 Å². The summed E-state index contributed by atoms with van der Waals surface area (Å²) in [5, 5.41) is 2.91. The molecule has 1 saturated heterocycles. The van der Waals surface area contributed by atoms with Crippen LogP contribution in [0.1, 0.15) is 42.1 Å². The van der Waals surface area contributed by atoms with Crippen molar-refractivity contribution >= 4 is 23.5 Å². The van der Waals surface area contributed by atoms with Crippen LogP contribution in [-0.2, 0) is 19.1 Å². The summed E-state index contributed by atoms with van der Waals surface area (Å²) in [6, 6.07) is 15.0. The van der Waals surface area contributed by atoms with Gasteiger partial charge in [-0.05, 0) is 43.9 Å². The molecule has 0 unspecified atom stereocenters. The Morgan fingerprint density at radius 2 is 1.80 bits per heavy atom. The maximum atomic E-state index is 12.9. The lowest BCUT2D eigenvalue weighted by molar-refractivity contribution is -0.160. The van der Waals surface area contributed by atoms with Gasteiger partial charge in [0.2, 0.25) is 12.0 Å². The fourth-order valence-corrected chi connectivity index (χ4v) is 3.74. The van der Waals surface area contributed by atoms with E-state index >= 15 is 0 Å². The van der Waals surface area contributed by atoms with Crippen molar-refractivity contribution < 1.29 is 19.1 Å². The van der Waals surface area contributed by atoms with Gasteiger partial charge in [-0.25, -0.2) is 0 Å². The van der Waals surface area contributed by atoms with Gasteiger partial charge in [-0.2, -0.15) is 0 Å². The number of nitrogens with one attached hydrogen (secondary N) is 1. The first-order valence-electron chi connectivity index (χ1n) is 10.4. The molecule has 2 atom stereocenters. The Bertz CT molecular complexity index is 968. The number of rotatable bonds is 6. The maximum absolute atomic E-state index is 12.9. The van der Waals surface area contributed by atoms with Crippen molar-refractivity contribution in [1.82, 2.24) is 5.32 Å². The predicted molar refractivity (Wildman–Crippen MR) is 113 cm³/mol. The molecule has 1 aliphatic heterocycles. The lowest BCUT2D eigenvalue weighted by Crippen LogP contribution is -2.35. The third-order valence-corrected chi connectivity index (χ3v) is 5.82. The minimum atomic E-state index is -1.01. The SMILES string of the molecule is Cc1cccc(N2C[C@H](C(=O)O[C@@H](C(=O)NC3CC3)c3ccccc3)CC2=O)c1C. The number of carbonyl (C=O) groups excluding carboxylic acids is 3. The summed E-state index contributed by atoms with van der Waals surface area (Å²) in [5.74, 6) is -1.54. The number of nitrogens with zero attached hydrogens (tertiary/aromatic N) is 1. The molecule has 0 aromatic heterocycles. The number of ether oxygens (including phenoxy) is 1. The van der Waals surface area contributed by atoms with Gasteiger partial charge in [0.25, 0.3) is 5.91 Å². The first-order valence-corrected chi connectivity index (χ1v) is 10.4. The van der Waals surface area contributed by atoms with Crippen LogP contribution >= 0.6 is 0 Å². The lowest BCUT2D eigenvalue weighted by Gasteiger charge is -2.21. The normalized spacial score (nSPS) is 19.5. The summed E-state index contributed by atoms with van der Waals surface area (Å²) in [6.45, 7) is 4.22. The van der Waals surface area contributed by atoms with Crippen LogP contribution in [0.5, 0.6) is 0 Å². The Kier molecular flexibility index (Phi) is 5.57. The van der Waals surface area contributed by atoms with Gasteiger partial charge >= 0.3 is 5.97 Å². The fraction of sp³-hybridized carbons (Fsp3) is 0.375. The summed E-state index contributed by atoms with van der Waals surface area (Å²) in [6.07, 6.45) is 0.966. The molecule has 1 saturated carbocycles. The summed E-state index contributed by atoms with van der Waals surface area (Å²) in [5.41, 5.74) is 3.55. The summed E-state index contributed by atoms with van der Waals surface area (Å²) in [4.78, 5) is 39.9. The zero-order valence-corrected chi connectivity index (χ0v) is 17.3. The molecular formula is C24H26N2O4. The molecule has 0 spiro atoms. The molecule has 0 radical (unpaired) electrons. The molecule has 156 valence electrons. The molecule has 2 aromatic carbocycles. The first kappa shape index (κ1) is 20.1. The summed E-state index contributed by atoms with van der Waals surface area (Å²) in [7, 11) is 0. The van der Waals surface area contributed by atoms with Crippen LogP contribution in [0.3, 0.4) is 0 Å². The lowest BCUT2D eigenvalue weighted by atomic mass is 10.1. The number of carbonyl (C=O) groups is 3. The van der Waals surface area contributed by atoms with Crippen molar-refractivity contribution in [3.05, 3.63) is 65.2 Å². The van der Waals surface area contributed by atoms with Crippen LogP contribution in [-0.4, -0.2) is 30.4 Å². The standard InChI is InChI=1S/C24H26N2O4/c1-15-7-6-10-20(16(15)2)26-14-18(13-21(26)27)24(29)30-22(17-8-4-3-5-9-17)23(28)25-19-11-12-19/h3-10,18-19,22H,11-14H2,1-2H3,(H,25,28)/t18-,22-/m1/s1. The molecule has 1 heterocycles. The second-order valence-electron chi connectivity index (χ2n) is 8.13. The molecule has 2 amide bonds. The number of benzene rings is 2. The summed E-state index contributed by atoms with van der Waals surface area (Å²) < 4.78 is 5.67. The maximum Gasteiger partial charge on any atom is 0.312 e. The summed E-state index contributed by atoms with van der Waals surface area (Å²) >= 11 is 0. The van der Waals surface area contributed by atoms with Crippen LogP contribution in [0.15, 0.2) is 48.5 Å². The van der Waals surface area contributed by atoms with Gasteiger partial charge in [-0.1, -0.05) is 42.5 Å². The highest BCUT2D eigenvalue weighted by atomic mass is 16.5. The van der Waals surface area contributed by atoms with E-state index in [-0.39, 0.29) is 30.8 Å². The number of hydrogen-bond acceptors (Lipinski definition) is 4. The number of hydrogen-bond donors (Lipinski definition) is 1. The Hall–Kier alpha value is -3.15. The Morgan fingerprint density at radius 1 is 1.07 bits per heavy atom. The van der Waals surface area contributed by atoms with Gasteiger partial charge in [0.05, 0.1) is 5.92 Å². The van der Waals surface area contributed by atoms with E-state index in [2.05, 4.69) is 5.32 Å². The van der Waals surface area contributed by atoms with Crippen LogP contribution in [0.4, 0.5) is 5.69 Å². The third-order valence-electron chi connectivity index (χ3n) is 5.82. The largest absolute Gasteiger partial charge is 0.447 e. The molecule has 6 nitrogen and oxygen atoms in total. The number of esters is 1. The molecule has 4 rings (SSSR count).